The van der Waals surface area contributed by atoms with E-state index in [0.29, 0.717) is 6.61 Å². The van der Waals surface area contributed by atoms with Crippen LogP contribution >= 0.6 is 0 Å². The molecule has 1 heterocycles. The highest BCUT2D eigenvalue weighted by atomic mass is 16.5. The molecule has 0 bridgehead atoms. The SMILES string of the molecule is C=Nc1c(OCc2ccc(N(c3ccc(-c4ccc5ccccc5c4)cc3)c3ccc4c5ccccc5n(-c5ccccc5)c4c3)cc2)ccc2ccccc12. The van der Waals surface area contributed by atoms with Crippen molar-refractivity contribution in [1.29, 1.82) is 0 Å². The second-order valence-corrected chi connectivity index (χ2v) is 14.1. The lowest BCUT2D eigenvalue weighted by molar-refractivity contribution is 0.308. The first-order valence-corrected chi connectivity index (χ1v) is 18.9. The molecule has 10 rings (SSSR count). The molecule has 0 amide bonds. The summed E-state index contributed by atoms with van der Waals surface area (Å²) in [5, 5.41) is 7.06. The number of rotatable bonds is 9. The molecule has 0 N–H and O–H groups in total. The van der Waals surface area contributed by atoms with Crippen LogP contribution in [-0.4, -0.2) is 11.3 Å². The first-order valence-electron chi connectivity index (χ1n) is 18.9. The summed E-state index contributed by atoms with van der Waals surface area (Å²) >= 11 is 0. The molecule has 0 aliphatic heterocycles. The molecule has 0 atom stereocenters. The number of nitrogens with zero attached hydrogens (tertiary/aromatic N) is 3. The Labute approximate surface area is 325 Å². The summed E-state index contributed by atoms with van der Waals surface area (Å²) in [6, 6.07) is 71.1. The van der Waals surface area contributed by atoms with Crippen LogP contribution in [0.2, 0.25) is 0 Å². The molecular formula is C52H37N3O. The predicted molar refractivity (Wildman–Crippen MR) is 236 cm³/mol. The zero-order chi connectivity index (χ0) is 37.4. The number of aromatic nitrogens is 1. The lowest BCUT2D eigenvalue weighted by atomic mass is 10.0. The van der Waals surface area contributed by atoms with Crippen molar-refractivity contribution in [3.63, 3.8) is 0 Å². The highest BCUT2D eigenvalue weighted by molar-refractivity contribution is 6.10. The molecule has 0 radical (unpaired) electrons. The molecule has 0 saturated carbocycles. The summed E-state index contributed by atoms with van der Waals surface area (Å²) in [5.41, 5.74) is 10.8. The Morgan fingerprint density at radius 2 is 1.07 bits per heavy atom. The van der Waals surface area contributed by atoms with Crippen LogP contribution in [0.5, 0.6) is 5.75 Å². The minimum Gasteiger partial charge on any atom is -0.487 e. The average Bonchev–Trinajstić information content (AvgIpc) is 3.60. The van der Waals surface area contributed by atoms with Crippen molar-refractivity contribution in [2.75, 3.05) is 4.90 Å². The molecule has 10 aromatic rings. The normalized spacial score (nSPS) is 11.4. The van der Waals surface area contributed by atoms with Gasteiger partial charge < -0.3 is 14.2 Å². The van der Waals surface area contributed by atoms with Crippen LogP contribution in [0.4, 0.5) is 22.7 Å². The third kappa shape index (κ3) is 5.94. The van der Waals surface area contributed by atoms with Crippen molar-refractivity contribution in [2.45, 2.75) is 6.61 Å². The molecule has 0 aliphatic carbocycles. The minimum absolute atomic E-state index is 0.407. The molecular weight excluding hydrogens is 683 g/mol. The van der Waals surface area contributed by atoms with Crippen molar-refractivity contribution < 1.29 is 4.74 Å². The fraction of sp³-hybridized carbons (Fsp3) is 0.0192. The Morgan fingerprint density at radius 1 is 0.464 bits per heavy atom. The van der Waals surface area contributed by atoms with Crippen LogP contribution in [0.15, 0.2) is 205 Å². The van der Waals surface area contributed by atoms with E-state index in [-0.39, 0.29) is 0 Å². The molecule has 0 aliphatic rings. The van der Waals surface area contributed by atoms with E-state index < -0.39 is 0 Å². The maximum atomic E-state index is 6.36. The van der Waals surface area contributed by atoms with E-state index in [1.165, 1.54) is 38.2 Å². The van der Waals surface area contributed by atoms with E-state index in [4.69, 9.17) is 4.74 Å². The van der Waals surface area contributed by atoms with Gasteiger partial charge in [0.15, 0.2) is 0 Å². The van der Waals surface area contributed by atoms with Crippen molar-refractivity contribution >= 4 is 72.8 Å². The molecule has 0 fully saturated rings. The fourth-order valence-corrected chi connectivity index (χ4v) is 7.99. The van der Waals surface area contributed by atoms with Gasteiger partial charge in [-0.25, -0.2) is 0 Å². The third-order valence-corrected chi connectivity index (χ3v) is 10.7. The Kier molecular flexibility index (Phi) is 8.34. The topological polar surface area (TPSA) is 29.8 Å². The number of para-hydroxylation sites is 2. The van der Waals surface area contributed by atoms with Crippen LogP contribution in [-0.2, 0) is 6.61 Å². The Morgan fingerprint density at radius 3 is 1.86 bits per heavy atom. The summed E-state index contributed by atoms with van der Waals surface area (Å²) in [5.74, 6) is 0.720. The number of hydrogen-bond donors (Lipinski definition) is 0. The largest absolute Gasteiger partial charge is 0.487 e. The molecule has 4 nitrogen and oxygen atoms in total. The monoisotopic (exact) mass is 719 g/mol. The van der Waals surface area contributed by atoms with E-state index >= 15 is 0 Å². The second kappa shape index (κ2) is 14.1. The van der Waals surface area contributed by atoms with Gasteiger partial charge in [0.2, 0.25) is 0 Å². The average molecular weight is 720 g/mol. The Hall–Kier alpha value is -7.43. The number of aliphatic imine (C=N–C) groups is 1. The predicted octanol–water partition coefficient (Wildman–Crippen LogP) is 14.1. The van der Waals surface area contributed by atoms with Gasteiger partial charge in [-0.15, -0.1) is 0 Å². The van der Waals surface area contributed by atoms with Gasteiger partial charge >= 0.3 is 0 Å². The molecule has 0 spiro atoms. The van der Waals surface area contributed by atoms with Gasteiger partial charge in [0.05, 0.1) is 11.0 Å². The van der Waals surface area contributed by atoms with Gasteiger partial charge in [-0.1, -0.05) is 133 Å². The number of hydrogen-bond acceptors (Lipinski definition) is 3. The van der Waals surface area contributed by atoms with E-state index in [1.54, 1.807) is 0 Å². The molecule has 0 unspecified atom stereocenters. The molecule has 1 aromatic heterocycles. The molecule has 0 saturated heterocycles. The summed E-state index contributed by atoms with van der Waals surface area (Å²) in [4.78, 5) is 6.67. The van der Waals surface area contributed by atoms with E-state index in [1.807, 2.05) is 18.2 Å². The maximum Gasteiger partial charge on any atom is 0.146 e. The summed E-state index contributed by atoms with van der Waals surface area (Å²) < 4.78 is 8.73. The second-order valence-electron chi connectivity index (χ2n) is 14.1. The van der Waals surface area contributed by atoms with Gasteiger partial charge in [0, 0.05) is 38.9 Å². The third-order valence-electron chi connectivity index (χ3n) is 10.7. The van der Waals surface area contributed by atoms with Gasteiger partial charge in [0.1, 0.15) is 18.0 Å². The van der Waals surface area contributed by atoms with Crippen molar-refractivity contribution in [2.24, 2.45) is 4.99 Å². The molecule has 266 valence electrons. The molecule has 56 heavy (non-hydrogen) atoms. The highest BCUT2D eigenvalue weighted by Gasteiger charge is 2.18. The van der Waals surface area contributed by atoms with Gasteiger partial charge in [0.25, 0.3) is 0 Å². The number of fused-ring (bicyclic) bond motifs is 5. The van der Waals surface area contributed by atoms with E-state index in [0.717, 1.165) is 56.0 Å². The van der Waals surface area contributed by atoms with Crippen LogP contribution in [0, 0.1) is 0 Å². The zero-order valence-corrected chi connectivity index (χ0v) is 30.7. The summed E-state index contributed by atoms with van der Waals surface area (Å²) in [6.45, 7) is 4.24. The Balaban J connectivity index is 1.05. The Bertz CT molecular complexity index is 3040. The minimum atomic E-state index is 0.407. The lowest BCUT2D eigenvalue weighted by Gasteiger charge is -2.26. The summed E-state index contributed by atoms with van der Waals surface area (Å²) in [6.07, 6.45) is 0. The van der Waals surface area contributed by atoms with Crippen LogP contribution in [0.25, 0.3) is 60.2 Å². The van der Waals surface area contributed by atoms with Gasteiger partial charge in [-0.3, -0.25) is 4.99 Å². The van der Waals surface area contributed by atoms with Crippen LogP contribution in [0.3, 0.4) is 0 Å². The maximum absolute atomic E-state index is 6.36. The molecule has 4 heteroatoms. The zero-order valence-electron chi connectivity index (χ0n) is 30.7. The number of ether oxygens (including phenoxy) is 1. The summed E-state index contributed by atoms with van der Waals surface area (Å²) in [7, 11) is 0. The van der Waals surface area contributed by atoms with E-state index in [9.17, 15) is 0 Å². The number of anilines is 3. The van der Waals surface area contributed by atoms with Crippen molar-refractivity contribution in [1.82, 2.24) is 4.57 Å². The smallest absolute Gasteiger partial charge is 0.146 e. The van der Waals surface area contributed by atoms with Gasteiger partial charge in [-0.05, 0) is 106 Å². The van der Waals surface area contributed by atoms with Crippen LogP contribution in [0.1, 0.15) is 5.56 Å². The highest BCUT2D eigenvalue weighted by Crippen LogP contribution is 2.41. The molecule has 9 aromatic carbocycles. The fourth-order valence-electron chi connectivity index (χ4n) is 7.99. The lowest BCUT2D eigenvalue weighted by Crippen LogP contribution is -2.10. The van der Waals surface area contributed by atoms with E-state index in [2.05, 4.69) is 203 Å². The first-order chi connectivity index (χ1) is 27.7. The van der Waals surface area contributed by atoms with Gasteiger partial charge in [-0.2, -0.15) is 0 Å². The number of benzene rings is 9. The van der Waals surface area contributed by atoms with Crippen LogP contribution < -0.4 is 9.64 Å². The van der Waals surface area contributed by atoms with Crippen molar-refractivity contribution in [3.05, 3.63) is 206 Å². The standard InChI is InChI=1S/C52H37N3O/c1-53-52-46-16-8-7-12-39(46)25-32-51(52)56-35-36-19-26-43(27-20-36)54(44-28-23-38(24-29-44)41-22-21-37-11-5-6-13-40(37)33-41)45-30-31-48-47-17-9-10-18-49(47)55(50(48)34-45)42-14-3-2-4-15-42/h2-34H,1,35H2. The quantitative estimate of drug-likeness (QED) is 0.139. The van der Waals surface area contributed by atoms with Crippen molar-refractivity contribution in [3.8, 4) is 22.6 Å². The first kappa shape index (κ1) is 33.2.